The molecule has 0 spiro atoms. The minimum atomic E-state index is -0.938. The molecule has 7 heteroatoms. The number of carbonyl (C=O) groups is 1. The summed E-state index contributed by atoms with van der Waals surface area (Å²) in [4.78, 5) is 13.1. The van der Waals surface area contributed by atoms with Crippen molar-refractivity contribution in [2.24, 2.45) is 22.9 Å². The number of unbranched alkanes of at least 4 members (excludes halogenated alkanes) is 14. The number of hydrogen-bond acceptors (Lipinski definition) is 6. The SMILES string of the molecule is CCCCCCCCCCC(N)(N)CN(CC(=O)O)CC(N)(N)CCCCCCCCCC. The second-order valence-electron chi connectivity index (χ2n) is 10.5. The average molecular weight is 472 g/mol. The summed E-state index contributed by atoms with van der Waals surface area (Å²) < 4.78 is 0. The maximum absolute atomic E-state index is 11.4. The molecule has 0 fully saturated rings. The van der Waals surface area contributed by atoms with Gasteiger partial charge in [-0.3, -0.25) is 9.69 Å². The molecular formula is C26H57N5O2. The van der Waals surface area contributed by atoms with Gasteiger partial charge in [-0.25, -0.2) is 0 Å². The van der Waals surface area contributed by atoms with E-state index in [0.29, 0.717) is 12.8 Å². The van der Waals surface area contributed by atoms with Gasteiger partial charge in [-0.15, -0.1) is 0 Å². The number of nitrogens with two attached hydrogens (primary N) is 4. The summed E-state index contributed by atoms with van der Waals surface area (Å²) in [6.45, 7) is 4.87. The lowest BCUT2D eigenvalue weighted by Crippen LogP contribution is -2.63. The number of hydrogen-bond donors (Lipinski definition) is 5. The lowest BCUT2D eigenvalue weighted by molar-refractivity contribution is -0.138. The Morgan fingerprint density at radius 1 is 0.606 bits per heavy atom. The van der Waals surface area contributed by atoms with Gasteiger partial charge < -0.3 is 28.0 Å². The van der Waals surface area contributed by atoms with E-state index in [-0.39, 0.29) is 19.6 Å². The van der Waals surface area contributed by atoms with Crippen molar-refractivity contribution < 1.29 is 9.90 Å². The van der Waals surface area contributed by atoms with Crippen LogP contribution in [-0.4, -0.2) is 46.9 Å². The Balaban J connectivity index is 4.31. The highest BCUT2D eigenvalue weighted by Crippen LogP contribution is 2.16. The maximum atomic E-state index is 11.4. The Labute approximate surface area is 204 Å². The molecule has 0 aromatic heterocycles. The first-order valence-electron chi connectivity index (χ1n) is 13.7. The minimum Gasteiger partial charge on any atom is -0.480 e. The molecule has 0 aromatic carbocycles. The molecule has 9 N–H and O–H groups in total. The van der Waals surface area contributed by atoms with Gasteiger partial charge in [-0.05, 0) is 12.8 Å². The van der Waals surface area contributed by atoms with Crippen molar-refractivity contribution in [1.82, 2.24) is 4.90 Å². The van der Waals surface area contributed by atoms with Crippen molar-refractivity contribution in [3.8, 4) is 0 Å². The summed E-state index contributed by atoms with van der Waals surface area (Å²) in [5, 5.41) is 9.34. The van der Waals surface area contributed by atoms with Gasteiger partial charge in [0, 0.05) is 13.1 Å². The van der Waals surface area contributed by atoms with Gasteiger partial charge in [-0.1, -0.05) is 117 Å². The van der Waals surface area contributed by atoms with E-state index in [0.717, 1.165) is 25.7 Å². The molecule has 0 rings (SSSR count). The molecule has 0 aliphatic heterocycles. The number of nitrogens with zero attached hydrogens (tertiary/aromatic N) is 1. The van der Waals surface area contributed by atoms with Crippen LogP contribution >= 0.6 is 0 Å². The summed E-state index contributed by atoms with van der Waals surface area (Å²) >= 11 is 0. The lowest BCUT2D eigenvalue weighted by Gasteiger charge is -2.36. The molecule has 0 radical (unpaired) electrons. The van der Waals surface area contributed by atoms with Crippen LogP contribution in [0.4, 0.5) is 0 Å². The van der Waals surface area contributed by atoms with Gasteiger partial charge >= 0.3 is 5.97 Å². The van der Waals surface area contributed by atoms with E-state index in [1.165, 1.54) is 77.0 Å². The van der Waals surface area contributed by atoms with Crippen LogP contribution in [0.5, 0.6) is 0 Å². The lowest BCUT2D eigenvalue weighted by atomic mass is 9.98. The number of carboxylic acid groups (broad SMARTS) is 1. The largest absolute Gasteiger partial charge is 0.480 e. The van der Waals surface area contributed by atoms with E-state index >= 15 is 0 Å². The van der Waals surface area contributed by atoms with Crippen LogP contribution in [0.25, 0.3) is 0 Å². The molecule has 0 unspecified atom stereocenters. The van der Waals surface area contributed by atoms with Crippen LogP contribution in [0.2, 0.25) is 0 Å². The van der Waals surface area contributed by atoms with Crippen molar-refractivity contribution in [1.29, 1.82) is 0 Å². The predicted octanol–water partition coefficient (Wildman–Crippen LogP) is 4.66. The third kappa shape index (κ3) is 21.5. The first-order chi connectivity index (χ1) is 15.6. The summed E-state index contributed by atoms with van der Waals surface area (Å²) in [6.07, 6.45) is 20.8. The molecular weight excluding hydrogens is 414 g/mol. The topological polar surface area (TPSA) is 145 Å². The Bertz CT molecular complexity index is 438. The summed E-state index contributed by atoms with van der Waals surface area (Å²) in [5.41, 5.74) is 23.5. The van der Waals surface area contributed by atoms with Gasteiger partial charge in [-0.2, -0.15) is 0 Å². The molecule has 0 bridgehead atoms. The molecule has 0 amide bonds. The Morgan fingerprint density at radius 3 is 1.21 bits per heavy atom. The van der Waals surface area contributed by atoms with Gasteiger partial charge in [0.25, 0.3) is 0 Å². The summed E-state index contributed by atoms with van der Waals surface area (Å²) in [5.74, 6) is -0.916. The highest BCUT2D eigenvalue weighted by atomic mass is 16.4. The molecule has 0 aromatic rings. The highest BCUT2D eigenvalue weighted by Gasteiger charge is 2.29. The molecule has 7 nitrogen and oxygen atoms in total. The molecule has 0 heterocycles. The fourth-order valence-corrected chi connectivity index (χ4v) is 4.53. The predicted molar refractivity (Wildman–Crippen MR) is 141 cm³/mol. The normalized spacial score (nSPS) is 12.6. The quantitative estimate of drug-likeness (QED) is 0.102. The molecule has 0 aliphatic carbocycles. The fraction of sp³-hybridized carbons (Fsp3) is 0.962. The van der Waals surface area contributed by atoms with Gasteiger partial charge in [0.05, 0.1) is 17.9 Å². The maximum Gasteiger partial charge on any atom is 0.317 e. The third-order valence-corrected chi connectivity index (χ3v) is 6.39. The molecule has 198 valence electrons. The van der Waals surface area contributed by atoms with Gasteiger partial charge in [0.1, 0.15) is 0 Å². The zero-order valence-corrected chi connectivity index (χ0v) is 22.0. The highest BCUT2D eigenvalue weighted by molar-refractivity contribution is 5.69. The number of carboxylic acids is 1. The van der Waals surface area contributed by atoms with Crippen LogP contribution < -0.4 is 22.9 Å². The standard InChI is InChI=1S/C26H57N5O2/c1-3-5-7-9-11-13-15-17-19-25(27,28)22-31(21-24(32)33)23-26(29,30)20-18-16-14-12-10-8-6-4-2/h3-23,27-30H2,1-2H3,(H,32,33). The van der Waals surface area contributed by atoms with Crippen LogP contribution in [-0.2, 0) is 4.79 Å². The first kappa shape index (κ1) is 32.3. The van der Waals surface area contributed by atoms with Crippen LogP contribution in [0.15, 0.2) is 0 Å². The minimum absolute atomic E-state index is 0.152. The smallest absolute Gasteiger partial charge is 0.317 e. The zero-order chi connectivity index (χ0) is 25.0. The van der Waals surface area contributed by atoms with E-state index in [1.54, 1.807) is 4.90 Å². The first-order valence-corrected chi connectivity index (χ1v) is 13.7. The van der Waals surface area contributed by atoms with Crippen molar-refractivity contribution in [3.05, 3.63) is 0 Å². The van der Waals surface area contributed by atoms with E-state index in [9.17, 15) is 9.90 Å². The van der Waals surface area contributed by atoms with Crippen LogP contribution in [0.3, 0.4) is 0 Å². The summed E-state index contributed by atoms with van der Waals surface area (Å²) in [7, 11) is 0. The van der Waals surface area contributed by atoms with Crippen LogP contribution in [0.1, 0.15) is 129 Å². The fourth-order valence-electron chi connectivity index (χ4n) is 4.53. The van der Waals surface area contributed by atoms with Crippen molar-refractivity contribution >= 4 is 5.97 Å². The second-order valence-corrected chi connectivity index (χ2v) is 10.5. The van der Waals surface area contributed by atoms with E-state index in [2.05, 4.69) is 13.8 Å². The molecule has 0 aliphatic rings. The number of rotatable bonds is 24. The van der Waals surface area contributed by atoms with E-state index < -0.39 is 17.3 Å². The molecule has 33 heavy (non-hydrogen) atoms. The molecule has 0 atom stereocenters. The van der Waals surface area contributed by atoms with Crippen molar-refractivity contribution in [3.63, 3.8) is 0 Å². The van der Waals surface area contributed by atoms with E-state index in [4.69, 9.17) is 22.9 Å². The van der Waals surface area contributed by atoms with E-state index in [1.807, 2.05) is 0 Å². The monoisotopic (exact) mass is 471 g/mol. The Morgan fingerprint density at radius 2 is 0.909 bits per heavy atom. The second kappa shape index (κ2) is 19.6. The Hall–Kier alpha value is -0.730. The van der Waals surface area contributed by atoms with Crippen LogP contribution in [0, 0.1) is 0 Å². The van der Waals surface area contributed by atoms with Gasteiger partial charge in [0.2, 0.25) is 0 Å². The summed E-state index contributed by atoms with van der Waals surface area (Å²) in [6, 6.07) is 0. The van der Waals surface area contributed by atoms with Crippen molar-refractivity contribution in [2.75, 3.05) is 19.6 Å². The molecule has 0 saturated carbocycles. The van der Waals surface area contributed by atoms with Crippen molar-refractivity contribution in [2.45, 2.75) is 141 Å². The van der Waals surface area contributed by atoms with Gasteiger partial charge in [0.15, 0.2) is 0 Å². The zero-order valence-electron chi connectivity index (χ0n) is 22.0. The Kier molecular flexibility index (Phi) is 19.1. The third-order valence-electron chi connectivity index (χ3n) is 6.39. The number of aliphatic carboxylic acids is 1. The molecule has 0 saturated heterocycles. The average Bonchev–Trinajstić information content (AvgIpc) is 2.70.